The van der Waals surface area contributed by atoms with Gasteiger partial charge in [-0.1, -0.05) is 0 Å². The summed E-state index contributed by atoms with van der Waals surface area (Å²) in [4.78, 5) is 57.2. The van der Waals surface area contributed by atoms with Crippen LogP contribution in [-0.4, -0.2) is 115 Å². The van der Waals surface area contributed by atoms with E-state index in [1.807, 2.05) is 18.3 Å². The first-order chi connectivity index (χ1) is 30.3. The average Bonchev–Trinajstić information content (AvgIpc) is 3.91. The number of nitrogens with zero attached hydrogens (tertiary/aromatic N) is 8. The van der Waals surface area contributed by atoms with Gasteiger partial charge in [-0.2, -0.15) is 15.5 Å². The molecule has 0 unspecified atom stereocenters. The number of nitrogens with one attached hydrogen (secondary N) is 3. The molecular weight excluding hydrogens is 806 g/mol. The molecule has 4 aliphatic rings. The number of rotatable bonds is 9. The zero-order valence-corrected chi connectivity index (χ0v) is 35.5. The predicted octanol–water partition coefficient (Wildman–Crippen LogP) is 4.48. The Balaban J connectivity index is 0.757. The van der Waals surface area contributed by atoms with Crippen LogP contribution in [0.4, 0.5) is 15.8 Å². The third-order valence-corrected chi connectivity index (χ3v) is 13.4. The van der Waals surface area contributed by atoms with E-state index in [1.165, 1.54) is 22.8 Å². The second-order valence-corrected chi connectivity index (χ2v) is 17.9. The molecule has 3 saturated heterocycles. The Morgan fingerprint density at radius 3 is 2.24 bits per heavy atom. The molecule has 328 valence electrons. The minimum absolute atomic E-state index is 0.126. The molecule has 0 spiro atoms. The Labute approximate surface area is 364 Å². The number of carbonyl (C=O) groups is 4. The molecule has 6 heterocycles. The Hall–Kier alpha value is -6.22. The number of carbonyl (C=O) groups excluding carboxylic acids is 4. The number of amides is 4. The van der Waals surface area contributed by atoms with E-state index in [1.54, 1.807) is 38.1 Å². The Bertz CT molecular complexity index is 2620. The first-order valence-corrected chi connectivity index (χ1v) is 21.9. The van der Waals surface area contributed by atoms with Crippen LogP contribution in [0.1, 0.15) is 103 Å². The Kier molecular flexibility index (Phi) is 11.5. The van der Waals surface area contributed by atoms with Crippen LogP contribution in [0, 0.1) is 17.1 Å². The number of piperazine rings is 1. The topological polar surface area (TPSA) is 193 Å². The van der Waals surface area contributed by atoms with Gasteiger partial charge in [-0.05, 0) is 107 Å². The van der Waals surface area contributed by atoms with Crippen molar-refractivity contribution in [3.8, 4) is 6.07 Å². The summed E-state index contributed by atoms with van der Waals surface area (Å²) in [6.45, 7) is 9.05. The number of fused-ring (bicyclic) bond motifs is 2. The van der Waals surface area contributed by atoms with Crippen LogP contribution in [0.15, 0.2) is 60.9 Å². The fourth-order valence-electron chi connectivity index (χ4n) is 9.90. The number of aromatic nitrogens is 4. The molecule has 9 rings (SSSR count). The van der Waals surface area contributed by atoms with Gasteiger partial charge in [-0.15, -0.1) is 0 Å². The smallest absolute Gasteiger partial charge is 0.274 e. The van der Waals surface area contributed by atoms with Crippen molar-refractivity contribution in [1.82, 2.24) is 39.8 Å². The molecule has 4 amide bonds. The fraction of sp³-hybridized carbons (Fsp3) is 0.457. The van der Waals surface area contributed by atoms with E-state index >= 15 is 4.39 Å². The van der Waals surface area contributed by atoms with Crippen LogP contribution in [0.2, 0.25) is 0 Å². The normalized spacial score (nSPS) is 22.0. The van der Waals surface area contributed by atoms with Gasteiger partial charge in [0, 0.05) is 86.3 Å². The van der Waals surface area contributed by atoms with E-state index in [0.717, 1.165) is 94.4 Å². The molecule has 5 aromatic rings. The van der Waals surface area contributed by atoms with Gasteiger partial charge < -0.3 is 20.6 Å². The predicted molar refractivity (Wildman–Crippen MR) is 233 cm³/mol. The quantitative estimate of drug-likeness (QED) is 0.153. The van der Waals surface area contributed by atoms with E-state index in [-0.39, 0.29) is 36.3 Å². The maximum absolute atomic E-state index is 15.2. The summed E-state index contributed by atoms with van der Waals surface area (Å²) in [5, 5.41) is 38.3. The SMILES string of the molecule is CC(C)(O)c1cc2nn(C3CCC(N4CCN(C5CCN(c6ccc(C(=O)N[C@H]7CCC(=O)NC7=O)c(F)c6)CC5)CC4)CC3)cc2cc1NC(=O)c1ccc2cc(C#N)cnn12. The minimum atomic E-state index is -1.25. The Morgan fingerprint density at radius 2 is 1.57 bits per heavy atom. The van der Waals surface area contributed by atoms with Gasteiger partial charge in [0.25, 0.3) is 11.8 Å². The third-order valence-electron chi connectivity index (χ3n) is 13.4. The molecule has 3 aliphatic heterocycles. The van der Waals surface area contributed by atoms with Crippen molar-refractivity contribution < 1.29 is 28.7 Å². The van der Waals surface area contributed by atoms with Crippen molar-refractivity contribution in [3.63, 3.8) is 0 Å². The number of imide groups is 1. The van der Waals surface area contributed by atoms with Crippen molar-refractivity contribution in [1.29, 1.82) is 5.26 Å². The van der Waals surface area contributed by atoms with Gasteiger partial charge in [0.1, 0.15) is 23.6 Å². The van der Waals surface area contributed by atoms with Crippen LogP contribution < -0.4 is 20.9 Å². The second-order valence-electron chi connectivity index (χ2n) is 17.9. The number of piperidine rings is 2. The lowest BCUT2D eigenvalue weighted by atomic mass is 9.89. The molecule has 2 aromatic carbocycles. The lowest BCUT2D eigenvalue weighted by Crippen LogP contribution is -2.55. The monoisotopic (exact) mass is 857 g/mol. The van der Waals surface area contributed by atoms with E-state index in [2.05, 4.69) is 46.5 Å². The summed E-state index contributed by atoms with van der Waals surface area (Å²) < 4.78 is 18.7. The van der Waals surface area contributed by atoms with E-state index in [9.17, 15) is 29.5 Å². The van der Waals surface area contributed by atoms with Gasteiger partial charge in [0.2, 0.25) is 11.8 Å². The molecule has 3 aromatic heterocycles. The number of anilines is 2. The number of halogens is 1. The van der Waals surface area contributed by atoms with Gasteiger partial charge in [0.15, 0.2) is 0 Å². The molecule has 17 heteroatoms. The van der Waals surface area contributed by atoms with Gasteiger partial charge >= 0.3 is 0 Å². The summed E-state index contributed by atoms with van der Waals surface area (Å²) in [7, 11) is 0. The third kappa shape index (κ3) is 8.75. The van der Waals surface area contributed by atoms with Crippen LogP contribution in [0.5, 0.6) is 0 Å². The molecule has 0 bridgehead atoms. The van der Waals surface area contributed by atoms with E-state index in [4.69, 9.17) is 5.10 Å². The molecule has 4 N–H and O–H groups in total. The highest BCUT2D eigenvalue weighted by Crippen LogP contribution is 2.36. The van der Waals surface area contributed by atoms with Gasteiger partial charge in [-0.3, -0.25) is 39.0 Å². The number of hydrogen-bond donors (Lipinski definition) is 4. The first-order valence-electron chi connectivity index (χ1n) is 21.9. The second kappa shape index (κ2) is 17.2. The van der Waals surface area contributed by atoms with Crippen molar-refractivity contribution in [2.75, 3.05) is 49.5 Å². The van der Waals surface area contributed by atoms with Crippen molar-refractivity contribution in [3.05, 3.63) is 89.1 Å². The summed E-state index contributed by atoms with van der Waals surface area (Å²) in [5.74, 6) is -2.65. The largest absolute Gasteiger partial charge is 0.386 e. The fourth-order valence-corrected chi connectivity index (χ4v) is 9.90. The van der Waals surface area contributed by atoms with Crippen LogP contribution in [-0.2, 0) is 15.2 Å². The van der Waals surface area contributed by atoms with Gasteiger partial charge in [0.05, 0.1) is 40.0 Å². The molecule has 4 fully saturated rings. The number of nitriles is 1. The molecular formula is C46H52FN11O5. The summed E-state index contributed by atoms with van der Waals surface area (Å²) in [6.07, 6.45) is 9.90. The minimum Gasteiger partial charge on any atom is -0.386 e. The average molecular weight is 858 g/mol. The van der Waals surface area contributed by atoms with Gasteiger partial charge in [-0.25, -0.2) is 8.91 Å². The summed E-state index contributed by atoms with van der Waals surface area (Å²) in [6, 6.07) is 15.9. The Morgan fingerprint density at radius 1 is 0.873 bits per heavy atom. The van der Waals surface area contributed by atoms with Crippen molar-refractivity contribution in [2.45, 2.75) is 95.0 Å². The van der Waals surface area contributed by atoms with Crippen molar-refractivity contribution in [2.24, 2.45) is 0 Å². The maximum Gasteiger partial charge on any atom is 0.274 e. The molecule has 63 heavy (non-hydrogen) atoms. The zero-order chi connectivity index (χ0) is 44.0. The van der Waals surface area contributed by atoms with E-state index in [0.29, 0.717) is 40.1 Å². The van der Waals surface area contributed by atoms with E-state index < -0.39 is 29.3 Å². The lowest BCUT2D eigenvalue weighted by molar-refractivity contribution is -0.134. The van der Waals surface area contributed by atoms with Crippen molar-refractivity contribution >= 4 is 51.4 Å². The highest BCUT2D eigenvalue weighted by atomic mass is 19.1. The molecule has 1 saturated carbocycles. The van der Waals surface area contributed by atoms with Crippen LogP contribution in [0.3, 0.4) is 0 Å². The standard InChI is InChI=1S/C46H52FN11O5/c1-46(2,63)36-24-39-29(22-40(36)51-45(62)41-11-8-34-21-28(25-48)26-49-58(34)41)27-57(53-39)32-5-3-30(4-6-32)55-17-19-56(20-18-55)31-13-15-54(16-14-31)33-7-9-35(37(47)23-33)43(60)50-38-10-12-42(59)52-44(38)61/h7-9,11,21-24,26-27,30-32,38,63H,3-6,10,12-20H2,1-2H3,(H,50,60)(H,51,62)(H,52,59,61)/t30?,32?,38-/m0/s1. The number of hydrogen-bond acceptors (Lipinski definition) is 11. The van der Waals surface area contributed by atoms with Crippen LogP contribution >= 0.6 is 0 Å². The highest BCUT2D eigenvalue weighted by Gasteiger charge is 2.34. The number of aliphatic hydroxyl groups is 1. The first kappa shape index (κ1) is 42.1. The highest BCUT2D eigenvalue weighted by molar-refractivity contribution is 6.06. The summed E-state index contributed by atoms with van der Waals surface area (Å²) >= 11 is 0. The zero-order valence-electron chi connectivity index (χ0n) is 35.5. The molecule has 1 atom stereocenters. The maximum atomic E-state index is 15.2. The van der Waals surface area contributed by atoms with Crippen LogP contribution in [0.25, 0.3) is 16.4 Å². The molecule has 16 nitrogen and oxygen atoms in total. The summed E-state index contributed by atoms with van der Waals surface area (Å²) in [5.41, 5.74) is 2.51. The lowest BCUT2D eigenvalue weighted by Gasteiger charge is -2.46. The molecule has 0 radical (unpaired) electrons. The number of benzene rings is 2. The molecule has 1 aliphatic carbocycles.